The van der Waals surface area contributed by atoms with Crippen LogP contribution < -0.4 is 5.32 Å². The van der Waals surface area contributed by atoms with Crippen LogP contribution in [0.25, 0.3) is 0 Å². The van der Waals surface area contributed by atoms with Crippen molar-refractivity contribution in [2.24, 2.45) is 0 Å². The molecule has 1 saturated heterocycles. The molecule has 130 valence electrons. The number of likely N-dealkylation sites (tertiary alicyclic amines) is 1. The Kier molecular flexibility index (Phi) is 5.49. The summed E-state index contributed by atoms with van der Waals surface area (Å²) >= 11 is 0. The molecule has 25 heavy (non-hydrogen) atoms. The Balaban J connectivity index is 1.47. The van der Waals surface area contributed by atoms with E-state index in [1.165, 1.54) is 0 Å². The molecule has 1 aliphatic rings. The quantitative estimate of drug-likeness (QED) is 0.933. The minimum atomic E-state index is 0.0541. The standard InChI is InChI=1S/C21H24N2O2/c1-16-6-5-7-17(14-16)15-20(24)22-19-10-12-23(13-11-19)21(25)18-8-3-2-4-9-18/h2-9,14,19H,10-13,15H2,1H3,(H,22,24). The first-order valence-corrected chi connectivity index (χ1v) is 8.81. The van der Waals surface area contributed by atoms with Crippen molar-refractivity contribution in [2.75, 3.05) is 13.1 Å². The van der Waals surface area contributed by atoms with Crippen molar-refractivity contribution in [1.29, 1.82) is 0 Å². The lowest BCUT2D eigenvalue weighted by atomic mass is 10.0. The Morgan fingerprint density at radius 1 is 1.04 bits per heavy atom. The van der Waals surface area contributed by atoms with E-state index in [1.54, 1.807) is 0 Å². The van der Waals surface area contributed by atoms with Crippen molar-refractivity contribution >= 4 is 11.8 Å². The lowest BCUT2D eigenvalue weighted by Gasteiger charge is -2.32. The van der Waals surface area contributed by atoms with Crippen molar-refractivity contribution in [3.63, 3.8) is 0 Å². The van der Waals surface area contributed by atoms with Gasteiger partial charge in [0.2, 0.25) is 5.91 Å². The minimum Gasteiger partial charge on any atom is -0.353 e. The van der Waals surface area contributed by atoms with Gasteiger partial charge in [-0.3, -0.25) is 9.59 Å². The van der Waals surface area contributed by atoms with Gasteiger partial charge < -0.3 is 10.2 Å². The Morgan fingerprint density at radius 3 is 2.44 bits per heavy atom. The van der Waals surface area contributed by atoms with E-state index in [2.05, 4.69) is 5.32 Å². The third-order valence-corrected chi connectivity index (χ3v) is 4.62. The highest BCUT2D eigenvalue weighted by molar-refractivity contribution is 5.94. The third kappa shape index (κ3) is 4.69. The van der Waals surface area contributed by atoms with Crippen molar-refractivity contribution in [2.45, 2.75) is 32.2 Å². The molecule has 3 rings (SSSR count). The van der Waals surface area contributed by atoms with Gasteiger partial charge in [0.15, 0.2) is 0 Å². The van der Waals surface area contributed by atoms with Crippen LogP contribution in [0.4, 0.5) is 0 Å². The SMILES string of the molecule is Cc1cccc(CC(=O)NC2CCN(C(=O)c3ccccc3)CC2)c1. The summed E-state index contributed by atoms with van der Waals surface area (Å²) in [7, 11) is 0. The second kappa shape index (κ2) is 7.97. The average Bonchev–Trinajstić information content (AvgIpc) is 2.62. The summed E-state index contributed by atoms with van der Waals surface area (Å²) in [6, 6.07) is 17.5. The molecule has 1 N–H and O–H groups in total. The number of rotatable bonds is 4. The second-order valence-corrected chi connectivity index (χ2v) is 6.67. The summed E-state index contributed by atoms with van der Waals surface area (Å²) in [4.78, 5) is 26.6. The van der Waals surface area contributed by atoms with Crippen LogP contribution in [-0.4, -0.2) is 35.8 Å². The van der Waals surface area contributed by atoms with Crippen LogP contribution in [0, 0.1) is 6.92 Å². The van der Waals surface area contributed by atoms with Gasteiger partial charge in [-0.1, -0.05) is 48.0 Å². The number of aryl methyl sites for hydroxylation is 1. The highest BCUT2D eigenvalue weighted by Gasteiger charge is 2.24. The Hall–Kier alpha value is -2.62. The molecule has 0 saturated carbocycles. The van der Waals surface area contributed by atoms with Crippen LogP contribution >= 0.6 is 0 Å². The van der Waals surface area contributed by atoms with E-state index in [-0.39, 0.29) is 17.9 Å². The van der Waals surface area contributed by atoms with Gasteiger partial charge in [-0.05, 0) is 37.5 Å². The van der Waals surface area contributed by atoms with E-state index >= 15 is 0 Å². The summed E-state index contributed by atoms with van der Waals surface area (Å²) in [5.74, 6) is 0.128. The Morgan fingerprint density at radius 2 is 1.76 bits per heavy atom. The number of nitrogens with one attached hydrogen (secondary N) is 1. The Bertz CT molecular complexity index is 735. The molecule has 0 bridgehead atoms. The van der Waals surface area contributed by atoms with Gasteiger partial charge >= 0.3 is 0 Å². The molecule has 0 atom stereocenters. The van der Waals surface area contributed by atoms with E-state index in [0.29, 0.717) is 19.5 Å². The van der Waals surface area contributed by atoms with Gasteiger partial charge in [-0.2, -0.15) is 0 Å². The largest absolute Gasteiger partial charge is 0.353 e. The van der Waals surface area contributed by atoms with E-state index in [1.807, 2.05) is 66.4 Å². The van der Waals surface area contributed by atoms with Crippen LogP contribution in [0.2, 0.25) is 0 Å². The maximum absolute atomic E-state index is 12.4. The first kappa shape index (κ1) is 17.2. The van der Waals surface area contributed by atoms with Crippen LogP contribution in [0.3, 0.4) is 0 Å². The lowest BCUT2D eigenvalue weighted by molar-refractivity contribution is -0.121. The summed E-state index contributed by atoms with van der Waals surface area (Å²) in [6.07, 6.45) is 2.01. The molecule has 2 aromatic carbocycles. The summed E-state index contributed by atoms with van der Waals surface area (Å²) in [5.41, 5.74) is 2.93. The van der Waals surface area contributed by atoms with Crippen LogP contribution in [0.1, 0.15) is 34.3 Å². The molecule has 0 spiro atoms. The number of hydrogen-bond acceptors (Lipinski definition) is 2. The Labute approximate surface area is 148 Å². The number of amides is 2. The highest BCUT2D eigenvalue weighted by atomic mass is 16.2. The van der Waals surface area contributed by atoms with Crippen LogP contribution in [0.5, 0.6) is 0 Å². The van der Waals surface area contributed by atoms with Crippen molar-refractivity contribution in [3.8, 4) is 0 Å². The zero-order valence-corrected chi connectivity index (χ0v) is 14.6. The molecule has 0 radical (unpaired) electrons. The molecule has 4 heteroatoms. The van der Waals surface area contributed by atoms with Crippen LogP contribution in [0.15, 0.2) is 54.6 Å². The maximum Gasteiger partial charge on any atom is 0.253 e. The predicted molar refractivity (Wildman–Crippen MR) is 98.4 cm³/mol. The number of piperidine rings is 1. The number of benzene rings is 2. The minimum absolute atomic E-state index is 0.0541. The van der Waals surface area contributed by atoms with Crippen molar-refractivity contribution < 1.29 is 9.59 Å². The molecule has 2 amide bonds. The molecular formula is C21H24N2O2. The molecule has 0 aromatic heterocycles. The highest BCUT2D eigenvalue weighted by Crippen LogP contribution is 2.14. The molecule has 0 aliphatic carbocycles. The fraction of sp³-hybridized carbons (Fsp3) is 0.333. The van der Waals surface area contributed by atoms with E-state index < -0.39 is 0 Å². The third-order valence-electron chi connectivity index (χ3n) is 4.62. The molecule has 4 nitrogen and oxygen atoms in total. The zero-order valence-electron chi connectivity index (χ0n) is 14.6. The van der Waals surface area contributed by atoms with E-state index in [9.17, 15) is 9.59 Å². The van der Waals surface area contributed by atoms with Gasteiger partial charge in [-0.15, -0.1) is 0 Å². The average molecular weight is 336 g/mol. The fourth-order valence-electron chi connectivity index (χ4n) is 3.28. The first-order valence-electron chi connectivity index (χ1n) is 8.81. The van der Waals surface area contributed by atoms with Gasteiger partial charge in [-0.25, -0.2) is 0 Å². The summed E-state index contributed by atoms with van der Waals surface area (Å²) < 4.78 is 0. The summed E-state index contributed by atoms with van der Waals surface area (Å²) in [5, 5.41) is 3.11. The van der Waals surface area contributed by atoms with Gasteiger partial charge in [0.05, 0.1) is 6.42 Å². The molecular weight excluding hydrogens is 312 g/mol. The second-order valence-electron chi connectivity index (χ2n) is 6.67. The molecule has 1 heterocycles. The number of hydrogen-bond donors (Lipinski definition) is 1. The van der Waals surface area contributed by atoms with Crippen molar-refractivity contribution in [1.82, 2.24) is 10.2 Å². The maximum atomic E-state index is 12.4. The molecule has 1 fully saturated rings. The summed E-state index contributed by atoms with van der Waals surface area (Å²) in [6.45, 7) is 3.40. The van der Waals surface area contributed by atoms with Crippen molar-refractivity contribution in [3.05, 3.63) is 71.3 Å². The number of nitrogens with zero attached hydrogens (tertiary/aromatic N) is 1. The fourth-order valence-corrected chi connectivity index (χ4v) is 3.28. The van der Waals surface area contributed by atoms with Gasteiger partial charge in [0.25, 0.3) is 5.91 Å². The van der Waals surface area contributed by atoms with Crippen LogP contribution in [-0.2, 0) is 11.2 Å². The normalized spacial score (nSPS) is 15.0. The number of carbonyl (C=O) groups is 2. The van der Waals surface area contributed by atoms with Gasteiger partial charge in [0.1, 0.15) is 0 Å². The smallest absolute Gasteiger partial charge is 0.253 e. The van der Waals surface area contributed by atoms with E-state index in [4.69, 9.17) is 0 Å². The number of carbonyl (C=O) groups excluding carboxylic acids is 2. The monoisotopic (exact) mass is 336 g/mol. The lowest BCUT2D eigenvalue weighted by Crippen LogP contribution is -2.46. The molecule has 2 aromatic rings. The first-order chi connectivity index (χ1) is 12.1. The topological polar surface area (TPSA) is 49.4 Å². The van der Waals surface area contributed by atoms with E-state index in [0.717, 1.165) is 29.5 Å². The predicted octanol–water partition coefficient (Wildman–Crippen LogP) is 2.96. The molecule has 1 aliphatic heterocycles. The van der Waals surface area contributed by atoms with Gasteiger partial charge in [0, 0.05) is 24.7 Å². The zero-order chi connectivity index (χ0) is 17.6. The molecule has 0 unspecified atom stereocenters.